The molecule has 6 heteroatoms. The van der Waals surface area contributed by atoms with Crippen molar-refractivity contribution in [2.24, 2.45) is 0 Å². The maximum atomic E-state index is 13.3. The molecule has 27 heavy (non-hydrogen) atoms. The Morgan fingerprint density at radius 1 is 1.04 bits per heavy atom. The maximum Gasteiger partial charge on any atom is 0.236 e. The Morgan fingerprint density at radius 2 is 1.63 bits per heavy atom. The topological polar surface area (TPSA) is 43.9 Å². The number of amides is 2. The minimum atomic E-state index is -0.479. The smallest absolute Gasteiger partial charge is 0.236 e. The number of hydrogen-bond acceptors (Lipinski definition) is 3. The first-order chi connectivity index (χ1) is 13.0. The van der Waals surface area contributed by atoms with Crippen molar-refractivity contribution in [3.8, 4) is 0 Å². The van der Waals surface area contributed by atoms with Gasteiger partial charge in [-0.3, -0.25) is 14.5 Å². The maximum absolute atomic E-state index is 13.3. The van der Waals surface area contributed by atoms with Crippen molar-refractivity contribution in [1.82, 2.24) is 14.7 Å². The van der Waals surface area contributed by atoms with E-state index in [-0.39, 0.29) is 17.6 Å². The van der Waals surface area contributed by atoms with E-state index in [1.54, 1.807) is 12.1 Å². The largest absolute Gasteiger partial charge is 0.342 e. The number of nitrogens with zero attached hydrogens (tertiary/aromatic N) is 3. The second kappa shape index (κ2) is 8.38. The monoisotopic (exact) mass is 375 g/mol. The number of hydrogen-bond donors (Lipinski definition) is 0. The third kappa shape index (κ3) is 4.00. The van der Waals surface area contributed by atoms with Crippen LogP contribution in [0.25, 0.3) is 0 Å². The average Bonchev–Trinajstić information content (AvgIpc) is 2.64. The molecule has 0 radical (unpaired) electrons. The number of carbonyl (C=O) groups is 2. The normalized spacial score (nSPS) is 19.4. The van der Waals surface area contributed by atoms with Gasteiger partial charge in [0.1, 0.15) is 5.82 Å². The van der Waals surface area contributed by atoms with E-state index in [0.29, 0.717) is 19.6 Å². The fraction of sp³-hybridized carbons (Fsp3) is 0.619. The quantitative estimate of drug-likeness (QED) is 0.766. The summed E-state index contributed by atoms with van der Waals surface area (Å²) in [6, 6.07) is 6.40. The van der Waals surface area contributed by atoms with Crippen molar-refractivity contribution in [2.75, 3.05) is 45.8 Å². The zero-order valence-corrected chi connectivity index (χ0v) is 16.4. The highest BCUT2D eigenvalue weighted by atomic mass is 19.1. The van der Waals surface area contributed by atoms with E-state index in [9.17, 15) is 14.0 Å². The lowest BCUT2D eigenvalue weighted by atomic mass is 9.63. The zero-order chi connectivity index (χ0) is 19.4. The summed E-state index contributed by atoms with van der Waals surface area (Å²) in [6.07, 6.45) is 2.69. The molecule has 3 rings (SSSR count). The third-order valence-corrected chi connectivity index (χ3v) is 6.15. The van der Waals surface area contributed by atoms with E-state index < -0.39 is 5.41 Å². The summed E-state index contributed by atoms with van der Waals surface area (Å²) in [5, 5.41) is 0. The van der Waals surface area contributed by atoms with E-state index in [1.165, 1.54) is 12.1 Å². The van der Waals surface area contributed by atoms with Gasteiger partial charge in [0, 0.05) is 39.3 Å². The van der Waals surface area contributed by atoms with E-state index in [2.05, 4.69) is 4.90 Å². The molecular weight excluding hydrogens is 345 g/mol. The fourth-order valence-electron chi connectivity index (χ4n) is 4.20. The standard InChI is InChI=1S/C21H30FN3O2/c1-3-24(4-2)19(26)16-23-12-14-25(15-13-23)20(27)21(10-5-11-21)17-6-8-18(22)9-7-17/h6-9H,3-5,10-16H2,1-2H3. The summed E-state index contributed by atoms with van der Waals surface area (Å²) in [5.74, 6) is 0.0452. The highest BCUT2D eigenvalue weighted by Crippen LogP contribution is 2.45. The molecule has 1 heterocycles. The van der Waals surface area contributed by atoms with Crippen molar-refractivity contribution in [2.45, 2.75) is 38.5 Å². The molecule has 2 amide bonds. The van der Waals surface area contributed by atoms with Gasteiger partial charge in [-0.05, 0) is 44.4 Å². The lowest BCUT2D eigenvalue weighted by Crippen LogP contribution is -2.57. The van der Waals surface area contributed by atoms with Crippen molar-refractivity contribution in [3.63, 3.8) is 0 Å². The first-order valence-corrected chi connectivity index (χ1v) is 10.1. The van der Waals surface area contributed by atoms with Crippen LogP contribution in [0.15, 0.2) is 24.3 Å². The van der Waals surface area contributed by atoms with E-state index in [4.69, 9.17) is 0 Å². The number of benzene rings is 1. The van der Waals surface area contributed by atoms with Gasteiger partial charge in [-0.1, -0.05) is 18.6 Å². The Balaban J connectivity index is 1.59. The van der Waals surface area contributed by atoms with Crippen LogP contribution < -0.4 is 0 Å². The van der Waals surface area contributed by atoms with Gasteiger partial charge >= 0.3 is 0 Å². The molecule has 1 aliphatic heterocycles. The third-order valence-electron chi connectivity index (χ3n) is 6.15. The van der Waals surface area contributed by atoms with Crippen LogP contribution in [0, 0.1) is 5.82 Å². The molecule has 0 unspecified atom stereocenters. The van der Waals surface area contributed by atoms with Crippen LogP contribution >= 0.6 is 0 Å². The summed E-state index contributed by atoms with van der Waals surface area (Å²) < 4.78 is 13.3. The van der Waals surface area contributed by atoms with Crippen LogP contribution in [0.4, 0.5) is 4.39 Å². The van der Waals surface area contributed by atoms with Gasteiger partial charge in [-0.15, -0.1) is 0 Å². The van der Waals surface area contributed by atoms with Gasteiger partial charge in [0.05, 0.1) is 12.0 Å². The van der Waals surface area contributed by atoms with Crippen LogP contribution in [-0.2, 0) is 15.0 Å². The van der Waals surface area contributed by atoms with Crippen molar-refractivity contribution >= 4 is 11.8 Å². The van der Waals surface area contributed by atoms with Crippen LogP contribution in [0.2, 0.25) is 0 Å². The highest BCUT2D eigenvalue weighted by Gasteiger charge is 2.48. The number of likely N-dealkylation sites (N-methyl/N-ethyl adjacent to an activating group) is 1. The summed E-state index contributed by atoms with van der Waals surface area (Å²) in [6.45, 7) is 8.60. The fourth-order valence-corrected chi connectivity index (χ4v) is 4.20. The van der Waals surface area contributed by atoms with Crippen LogP contribution in [0.3, 0.4) is 0 Å². The Hall–Kier alpha value is -1.95. The zero-order valence-electron chi connectivity index (χ0n) is 16.4. The number of carbonyl (C=O) groups excluding carboxylic acids is 2. The van der Waals surface area contributed by atoms with Crippen molar-refractivity contribution in [3.05, 3.63) is 35.6 Å². The first kappa shape index (κ1) is 19.8. The lowest BCUT2D eigenvalue weighted by molar-refractivity contribution is -0.143. The van der Waals surface area contributed by atoms with Gasteiger partial charge in [-0.25, -0.2) is 4.39 Å². The van der Waals surface area contributed by atoms with Gasteiger partial charge in [0.2, 0.25) is 11.8 Å². The predicted molar refractivity (Wildman–Crippen MR) is 103 cm³/mol. The highest BCUT2D eigenvalue weighted by molar-refractivity contribution is 5.89. The lowest BCUT2D eigenvalue weighted by Gasteiger charge is -2.46. The molecule has 0 aromatic heterocycles. The Kier molecular flexibility index (Phi) is 6.15. The first-order valence-electron chi connectivity index (χ1n) is 10.1. The molecule has 0 spiro atoms. The molecule has 1 aromatic carbocycles. The minimum absolute atomic E-state index is 0.154. The number of piperazine rings is 1. The molecule has 1 saturated carbocycles. The van der Waals surface area contributed by atoms with Gasteiger partial charge < -0.3 is 9.80 Å². The summed E-state index contributed by atoms with van der Waals surface area (Å²) in [5.41, 5.74) is 0.451. The average molecular weight is 375 g/mol. The molecule has 0 atom stereocenters. The summed E-state index contributed by atoms with van der Waals surface area (Å²) >= 11 is 0. The molecular formula is C21H30FN3O2. The van der Waals surface area contributed by atoms with Crippen molar-refractivity contribution in [1.29, 1.82) is 0 Å². The Morgan fingerprint density at radius 3 is 2.11 bits per heavy atom. The van der Waals surface area contributed by atoms with Gasteiger partial charge in [0.25, 0.3) is 0 Å². The molecule has 2 fully saturated rings. The second-order valence-corrected chi connectivity index (χ2v) is 7.58. The van der Waals surface area contributed by atoms with E-state index >= 15 is 0 Å². The minimum Gasteiger partial charge on any atom is -0.342 e. The predicted octanol–water partition coefficient (Wildman–Crippen LogP) is 2.26. The molecule has 1 aliphatic carbocycles. The second-order valence-electron chi connectivity index (χ2n) is 7.58. The SMILES string of the molecule is CCN(CC)C(=O)CN1CCN(C(=O)C2(c3ccc(F)cc3)CCC2)CC1. The Bertz CT molecular complexity index is 661. The molecule has 2 aliphatic rings. The molecule has 1 saturated heterocycles. The molecule has 0 N–H and O–H groups in total. The van der Waals surface area contributed by atoms with Crippen molar-refractivity contribution < 1.29 is 14.0 Å². The van der Waals surface area contributed by atoms with Crippen LogP contribution in [-0.4, -0.2) is 72.3 Å². The molecule has 5 nitrogen and oxygen atoms in total. The van der Waals surface area contributed by atoms with Gasteiger partial charge in [0.15, 0.2) is 0 Å². The molecule has 148 valence electrons. The molecule has 0 bridgehead atoms. The number of rotatable bonds is 6. The Labute approximate surface area is 161 Å². The van der Waals surface area contributed by atoms with Crippen LogP contribution in [0.5, 0.6) is 0 Å². The summed E-state index contributed by atoms with van der Waals surface area (Å²) in [4.78, 5) is 31.5. The molecule has 1 aromatic rings. The summed E-state index contributed by atoms with van der Waals surface area (Å²) in [7, 11) is 0. The van der Waals surface area contributed by atoms with E-state index in [1.807, 2.05) is 23.6 Å². The van der Waals surface area contributed by atoms with E-state index in [0.717, 1.165) is 51.0 Å². The van der Waals surface area contributed by atoms with Crippen LogP contribution in [0.1, 0.15) is 38.7 Å². The van der Waals surface area contributed by atoms with Gasteiger partial charge in [-0.2, -0.15) is 0 Å². The number of halogens is 1.